The topological polar surface area (TPSA) is 24.9 Å². The van der Waals surface area contributed by atoms with Gasteiger partial charge in [0.05, 0.1) is 0 Å². The predicted octanol–water partition coefficient (Wildman–Crippen LogP) is 2.88. The van der Waals surface area contributed by atoms with Crippen LogP contribution < -0.4 is 5.32 Å². The maximum atomic E-state index is 3.98. The van der Waals surface area contributed by atoms with Gasteiger partial charge in [-0.25, -0.2) is 0 Å². The Labute approximate surface area is 90.0 Å². The number of anilines is 1. The normalized spacial score (nSPS) is 9.93. The maximum Gasteiger partial charge on any atom is 0.0401 e. The van der Waals surface area contributed by atoms with Gasteiger partial charge in [-0.1, -0.05) is 12.1 Å². The summed E-state index contributed by atoms with van der Waals surface area (Å²) in [6, 6.07) is 12.1. The van der Waals surface area contributed by atoms with Crippen molar-refractivity contribution in [3.05, 3.63) is 66.8 Å². The Hall–Kier alpha value is -1.83. The molecule has 2 heteroatoms. The van der Waals surface area contributed by atoms with Crippen LogP contribution in [0.2, 0.25) is 0 Å². The second-order valence-electron chi connectivity index (χ2n) is 3.41. The van der Waals surface area contributed by atoms with Crippen molar-refractivity contribution in [2.45, 2.75) is 6.54 Å². The van der Waals surface area contributed by atoms with Crippen LogP contribution in [0.15, 0.2) is 48.8 Å². The Balaban J connectivity index is 1.96. The molecule has 0 bridgehead atoms. The van der Waals surface area contributed by atoms with E-state index in [-0.39, 0.29) is 0 Å². The highest BCUT2D eigenvalue weighted by Crippen LogP contribution is 2.10. The van der Waals surface area contributed by atoms with E-state index in [9.17, 15) is 0 Å². The molecule has 0 saturated carbocycles. The summed E-state index contributed by atoms with van der Waals surface area (Å²) >= 11 is 0. The molecule has 0 saturated heterocycles. The van der Waals surface area contributed by atoms with Crippen molar-refractivity contribution in [1.82, 2.24) is 4.98 Å². The number of hydrogen-bond donors (Lipinski definition) is 1. The molecule has 1 radical (unpaired) electrons. The number of nitrogens with zero attached hydrogens (tertiary/aromatic N) is 1. The quantitative estimate of drug-likeness (QED) is 0.818. The smallest absolute Gasteiger partial charge is 0.0401 e. The Bertz CT molecular complexity index is 406. The van der Waals surface area contributed by atoms with Gasteiger partial charge in [-0.3, -0.25) is 4.98 Å². The van der Waals surface area contributed by atoms with Crippen molar-refractivity contribution in [1.29, 1.82) is 0 Å². The Kier molecular flexibility index (Phi) is 2.98. The number of rotatable bonds is 3. The van der Waals surface area contributed by atoms with E-state index in [4.69, 9.17) is 0 Å². The molecule has 0 aliphatic heterocycles. The van der Waals surface area contributed by atoms with Crippen LogP contribution in [0.3, 0.4) is 0 Å². The van der Waals surface area contributed by atoms with Crippen LogP contribution in [-0.2, 0) is 6.54 Å². The molecule has 15 heavy (non-hydrogen) atoms. The zero-order chi connectivity index (χ0) is 10.5. The summed E-state index contributed by atoms with van der Waals surface area (Å²) in [5.41, 5.74) is 3.37. The van der Waals surface area contributed by atoms with E-state index in [2.05, 4.69) is 17.2 Å². The van der Waals surface area contributed by atoms with Gasteiger partial charge >= 0.3 is 0 Å². The fourth-order valence-corrected chi connectivity index (χ4v) is 1.33. The minimum atomic E-state index is 0.818. The van der Waals surface area contributed by atoms with Gasteiger partial charge in [-0.15, -0.1) is 0 Å². The molecular formula is C13H13N2. The van der Waals surface area contributed by atoms with Crippen LogP contribution in [-0.4, -0.2) is 4.98 Å². The average molecular weight is 197 g/mol. The summed E-state index contributed by atoms with van der Waals surface area (Å²) in [5.74, 6) is 0. The van der Waals surface area contributed by atoms with Crippen molar-refractivity contribution >= 4 is 5.69 Å². The predicted molar refractivity (Wildman–Crippen MR) is 62.5 cm³/mol. The Morgan fingerprint density at radius 3 is 2.33 bits per heavy atom. The van der Waals surface area contributed by atoms with Gasteiger partial charge in [0.15, 0.2) is 0 Å². The van der Waals surface area contributed by atoms with Crippen LogP contribution in [0.25, 0.3) is 0 Å². The van der Waals surface area contributed by atoms with Crippen LogP contribution in [0.5, 0.6) is 0 Å². The zero-order valence-electron chi connectivity index (χ0n) is 8.48. The number of pyridine rings is 1. The minimum Gasteiger partial charge on any atom is -0.381 e. The third kappa shape index (κ3) is 2.81. The molecule has 0 fully saturated rings. The largest absolute Gasteiger partial charge is 0.381 e. The standard InChI is InChI=1S/C13H13N2/c1-11-2-4-13(5-3-11)15-10-12-6-8-14-9-7-12/h2-9,15H,1,10H2. The molecule has 1 aromatic heterocycles. The van der Waals surface area contributed by atoms with E-state index >= 15 is 0 Å². The molecule has 0 atom stereocenters. The van der Waals surface area contributed by atoms with Gasteiger partial charge in [0.25, 0.3) is 0 Å². The molecular weight excluding hydrogens is 184 g/mol. The SMILES string of the molecule is [CH2]c1ccc(NCc2ccncc2)cc1. The number of hydrogen-bond acceptors (Lipinski definition) is 2. The van der Waals surface area contributed by atoms with Crippen molar-refractivity contribution in [3.63, 3.8) is 0 Å². The fraction of sp³-hybridized carbons (Fsp3) is 0.0769. The zero-order valence-corrected chi connectivity index (χ0v) is 8.48. The van der Waals surface area contributed by atoms with Crippen LogP contribution >= 0.6 is 0 Å². The molecule has 1 aromatic carbocycles. The fourth-order valence-electron chi connectivity index (χ4n) is 1.33. The van der Waals surface area contributed by atoms with Gasteiger partial charge in [-0.2, -0.15) is 0 Å². The van der Waals surface area contributed by atoms with Gasteiger partial charge in [0, 0.05) is 24.6 Å². The van der Waals surface area contributed by atoms with Crippen molar-refractivity contribution < 1.29 is 0 Å². The summed E-state index contributed by atoms with van der Waals surface area (Å²) in [7, 11) is 0. The first-order valence-electron chi connectivity index (χ1n) is 4.89. The average Bonchev–Trinajstić information content (AvgIpc) is 2.30. The third-order valence-electron chi connectivity index (χ3n) is 2.20. The molecule has 0 amide bonds. The second-order valence-corrected chi connectivity index (χ2v) is 3.41. The number of benzene rings is 1. The van der Waals surface area contributed by atoms with Crippen LogP contribution in [0, 0.1) is 6.92 Å². The van der Waals surface area contributed by atoms with Crippen LogP contribution in [0.1, 0.15) is 11.1 Å². The van der Waals surface area contributed by atoms with E-state index in [0.29, 0.717) is 0 Å². The minimum absolute atomic E-state index is 0.818. The highest BCUT2D eigenvalue weighted by atomic mass is 14.9. The van der Waals surface area contributed by atoms with Crippen molar-refractivity contribution in [2.75, 3.05) is 5.32 Å². The summed E-state index contributed by atoms with van der Waals surface area (Å²) in [6.07, 6.45) is 3.60. The lowest BCUT2D eigenvalue weighted by atomic mass is 10.2. The van der Waals surface area contributed by atoms with Gasteiger partial charge < -0.3 is 5.32 Å². The lowest BCUT2D eigenvalue weighted by molar-refractivity contribution is 1.13. The molecule has 2 nitrogen and oxygen atoms in total. The maximum absolute atomic E-state index is 3.98. The molecule has 0 aliphatic rings. The second kappa shape index (κ2) is 4.60. The van der Waals surface area contributed by atoms with E-state index in [1.807, 2.05) is 36.4 Å². The lowest BCUT2D eigenvalue weighted by Crippen LogP contribution is -1.98. The first-order valence-corrected chi connectivity index (χ1v) is 4.89. The summed E-state index contributed by atoms with van der Waals surface area (Å²) in [6.45, 7) is 4.66. The Morgan fingerprint density at radius 2 is 1.67 bits per heavy atom. The van der Waals surface area contributed by atoms with Crippen molar-refractivity contribution in [2.24, 2.45) is 0 Å². The highest BCUT2D eigenvalue weighted by Gasteiger charge is 1.92. The van der Waals surface area contributed by atoms with Gasteiger partial charge in [-0.05, 0) is 42.3 Å². The highest BCUT2D eigenvalue weighted by molar-refractivity contribution is 5.45. The first-order chi connectivity index (χ1) is 7.34. The van der Waals surface area contributed by atoms with E-state index in [1.54, 1.807) is 12.4 Å². The summed E-state index contributed by atoms with van der Waals surface area (Å²) < 4.78 is 0. The molecule has 0 unspecified atom stereocenters. The first kappa shape index (κ1) is 9.71. The molecule has 0 spiro atoms. The molecule has 1 N–H and O–H groups in total. The molecule has 75 valence electrons. The molecule has 2 aromatic rings. The molecule has 0 aliphatic carbocycles. The van der Waals surface area contributed by atoms with Crippen molar-refractivity contribution in [3.8, 4) is 0 Å². The molecule has 2 rings (SSSR count). The Morgan fingerprint density at radius 1 is 1.00 bits per heavy atom. The monoisotopic (exact) mass is 197 g/mol. The summed E-state index contributed by atoms with van der Waals surface area (Å²) in [4.78, 5) is 3.98. The van der Waals surface area contributed by atoms with Gasteiger partial charge in [0.1, 0.15) is 0 Å². The third-order valence-corrected chi connectivity index (χ3v) is 2.20. The van der Waals surface area contributed by atoms with E-state index in [1.165, 1.54) is 5.56 Å². The van der Waals surface area contributed by atoms with E-state index < -0.39 is 0 Å². The number of nitrogens with one attached hydrogen (secondary N) is 1. The molecule has 1 heterocycles. The lowest BCUT2D eigenvalue weighted by Gasteiger charge is -2.06. The number of aromatic nitrogens is 1. The van der Waals surface area contributed by atoms with E-state index in [0.717, 1.165) is 17.8 Å². The van der Waals surface area contributed by atoms with Gasteiger partial charge in [0.2, 0.25) is 0 Å². The summed E-state index contributed by atoms with van der Waals surface area (Å²) in [5, 5.41) is 3.33. The van der Waals surface area contributed by atoms with Crippen LogP contribution in [0.4, 0.5) is 5.69 Å².